The first-order valence-corrected chi connectivity index (χ1v) is 12.3. The highest BCUT2D eigenvalue weighted by molar-refractivity contribution is 6.06. The minimum absolute atomic E-state index is 0.177. The summed E-state index contributed by atoms with van der Waals surface area (Å²) >= 11 is 0. The fourth-order valence-electron chi connectivity index (χ4n) is 8.55. The van der Waals surface area contributed by atoms with Crippen molar-refractivity contribution in [2.24, 2.45) is 34.0 Å². The Morgan fingerprint density at radius 1 is 0.943 bits per heavy atom. The van der Waals surface area contributed by atoms with Gasteiger partial charge < -0.3 is 18.9 Å². The molecule has 35 heavy (non-hydrogen) atoms. The van der Waals surface area contributed by atoms with E-state index in [0.29, 0.717) is 19.3 Å². The molecule has 0 aromatic carbocycles. The maximum atomic E-state index is 14.1. The minimum Gasteiger partial charge on any atom is -0.462 e. The van der Waals surface area contributed by atoms with E-state index in [1.807, 2.05) is 0 Å². The molecule has 0 aromatic rings. The standard InChI is InChI=1S/C26H32O9/c1-11-15-9-16(32-12(2)27)20-25-17(24(5,6)8-7-18(25)33-13(3)28)10-19(35-23(25)31)26(20,21(11)30)22(15)34-14(4)29/h15-20,22H,1,7-10H2,2-6H3/t15-,16-,17+,18+,19-,20-,22+,25+,26-/m0/s1. The molecule has 9 heteroatoms. The Kier molecular flexibility index (Phi) is 5.07. The Bertz CT molecular complexity index is 1060. The average Bonchev–Trinajstić information content (AvgIpc) is 2.86. The van der Waals surface area contributed by atoms with E-state index >= 15 is 0 Å². The molecule has 0 unspecified atom stereocenters. The molecule has 6 fully saturated rings. The topological polar surface area (TPSA) is 122 Å². The second-order valence-corrected chi connectivity index (χ2v) is 11.5. The van der Waals surface area contributed by atoms with E-state index in [2.05, 4.69) is 20.4 Å². The molecular formula is C26H32O9. The van der Waals surface area contributed by atoms with Gasteiger partial charge in [0.15, 0.2) is 5.78 Å². The molecule has 0 N–H and O–H groups in total. The van der Waals surface area contributed by atoms with Crippen LogP contribution in [0.15, 0.2) is 12.2 Å². The lowest BCUT2D eigenvalue weighted by molar-refractivity contribution is -0.318. The molecule has 9 nitrogen and oxygen atoms in total. The van der Waals surface area contributed by atoms with Crippen LogP contribution in [-0.4, -0.2) is 54.1 Å². The number of carbonyl (C=O) groups excluding carboxylic acids is 5. The van der Waals surface area contributed by atoms with Crippen molar-refractivity contribution in [3.63, 3.8) is 0 Å². The Labute approximate surface area is 203 Å². The molecule has 6 rings (SSSR count). The monoisotopic (exact) mass is 488 g/mol. The van der Waals surface area contributed by atoms with Crippen molar-refractivity contribution < 1.29 is 42.9 Å². The van der Waals surface area contributed by atoms with E-state index in [4.69, 9.17) is 18.9 Å². The van der Waals surface area contributed by atoms with E-state index < -0.39 is 71.0 Å². The second-order valence-electron chi connectivity index (χ2n) is 11.5. The SMILES string of the molecule is C=C1C(=O)[C@]23[C@@H]([C@@H](OC(C)=O)C[C@@H]1[C@H]2OC(C)=O)[C@@]12C(=O)O[C@H]3C[C@@H]1C(C)(C)CC[C@H]2OC(C)=O. The van der Waals surface area contributed by atoms with Gasteiger partial charge in [-0.1, -0.05) is 20.4 Å². The van der Waals surface area contributed by atoms with Gasteiger partial charge >= 0.3 is 23.9 Å². The van der Waals surface area contributed by atoms with Gasteiger partial charge in [0.1, 0.15) is 35.2 Å². The summed E-state index contributed by atoms with van der Waals surface area (Å²) in [6, 6.07) is 0. The molecule has 2 aliphatic heterocycles. The van der Waals surface area contributed by atoms with Gasteiger partial charge in [0, 0.05) is 32.6 Å². The number of hydrogen-bond acceptors (Lipinski definition) is 9. The largest absolute Gasteiger partial charge is 0.462 e. The molecule has 2 heterocycles. The van der Waals surface area contributed by atoms with Crippen LogP contribution in [0.4, 0.5) is 0 Å². The highest BCUT2D eigenvalue weighted by Gasteiger charge is 2.86. The number of esters is 4. The third kappa shape index (κ3) is 2.84. The van der Waals surface area contributed by atoms with Crippen molar-refractivity contribution in [3.8, 4) is 0 Å². The summed E-state index contributed by atoms with van der Waals surface area (Å²) < 4.78 is 23.4. The van der Waals surface area contributed by atoms with Crippen molar-refractivity contribution in [2.45, 2.75) is 84.7 Å². The Hall–Kier alpha value is -2.71. The van der Waals surface area contributed by atoms with Gasteiger partial charge in [0.2, 0.25) is 0 Å². The lowest BCUT2D eigenvalue weighted by Gasteiger charge is -2.70. The summed E-state index contributed by atoms with van der Waals surface area (Å²) in [4.78, 5) is 64.8. The Balaban J connectivity index is 1.81. The molecule has 0 radical (unpaired) electrons. The Morgan fingerprint density at radius 3 is 2.17 bits per heavy atom. The number of Topliss-reactive ketones (excluding diaryl/α,β-unsaturated/α-hetero) is 1. The van der Waals surface area contributed by atoms with Crippen molar-refractivity contribution in [1.82, 2.24) is 0 Å². The molecule has 2 saturated heterocycles. The molecule has 4 aliphatic carbocycles. The van der Waals surface area contributed by atoms with Gasteiger partial charge in [-0.25, -0.2) is 0 Å². The minimum atomic E-state index is -1.46. The van der Waals surface area contributed by atoms with Crippen LogP contribution in [0, 0.1) is 34.0 Å². The maximum Gasteiger partial charge on any atom is 0.316 e. The van der Waals surface area contributed by atoms with E-state index in [1.54, 1.807) is 0 Å². The van der Waals surface area contributed by atoms with Crippen LogP contribution < -0.4 is 0 Å². The van der Waals surface area contributed by atoms with E-state index in [1.165, 1.54) is 20.8 Å². The number of hydrogen-bond donors (Lipinski definition) is 0. The summed E-state index contributed by atoms with van der Waals surface area (Å²) in [6.07, 6.45) is -1.87. The van der Waals surface area contributed by atoms with E-state index in [-0.39, 0.29) is 29.1 Å². The van der Waals surface area contributed by atoms with Crippen LogP contribution in [0.2, 0.25) is 0 Å². The lowest BCUT2D eigenvalue weighted by atomic mass is 9.36. The van der Waals surface area contributed by atoms with Crippen molar-refractivity contribution in [3.05, 3.63) is 12.2 Å². The maximum absolute atomic E-state index is 14.1. The molecule has 4 bridgehead atoms. The Morgan fingerprint density at radius 2 is 1.57 bits per heavy atom. The second kappa shape index (κ2) is 7.40. The van der Waals surface area contributed by atoms with Crippen LogP contribution in [0.1, 0.15) is 60.3 Å². The first kappa shape index (κ1) is 24.0. The number of carbonyl (C=O) groups is 5. The smallest absolute Gasteiger partial charge is 0.316 e. The van der Waals surface area contributed by atoms with Crippen LogP contribution in [-0.2, 0) is 42.9 Å². The van der Waals surface area contributed by atoms with Crippen LogP contribution >= 0.6 is 0 Å². The van der Waals surface area contributed by atoms with Crippen LogP contribution in [0.3, 0.4) is 0 Å². The van der Waals surface area contributed by atoms with Gasteiger partial charge in [0.05, 0.1) is 0 Å². The normalized spacial score (nSPS) is 44.6. The van der Waals surface area contributed by atoms with Crippen molar-refractivity contribution in [1.29, 1.82) is 0 Å². The number of ether oxygens (including phenoxy) is 4. The van der Waals surface area contributed by atoms with Gasteiger partial charge in [0.25, 0.3) is 0 Å². The molecule has 6 aliphatic rings. The van der Waals surface area contributed by atoms with E-state index in [9.17, 15) is 24.0 Å². The average molecular weight is 489 g/mol. The summed E-state index contributed by atoms with van der Waals surface area (Å²) in [5.41, 5.74) is -2.96. The quantitative estimate of drug-likeness (QED) is 0.334. The number of ketones is 1. The highest BCUT2D eigenvalue weighted by Crippen LogP contribution is 2.75. The van der Waals surface area contributed by atoms with Gasteiger partial charge in [-0.2, -0.15) is 0 Å². The third-order valence-electron chi connectivity index (χ3n) is 9.46. The fraction of sp³-hybridized carbons (Fsp3) is 0.731. The van der Waals surface area contributed by atoms with E-state index in [0.717, 1.165) is 0 Å². The fourth-order valence-corrected chi connectivity index (χ4v) is 8.55. The third-order valence-corrected chi connectivity index (χ3v) is 9.46. The molecule has 4 saturated carbocycles. The molecule has 2 spiro atoms. The zero-order valence-electron chi connectivity index (χ0n) is 20.8. The first-order chi connectivity index (χ1) is 16.3. The molecule has 0 aromatic heterocycles. The molecule has 0 amide bonds. The molecular weight excluding hydrogens is 456 g/mol. The lowest BCUT2D eigenvalue weighted by Crippen LogP contribution is -2.80. The van der Waals surface area contributed by atoms with Gasteiger partial charge in [-0.05, 0) is 42.6 Å². The molecule has 9 atom stereocenters. The van der Waals surface area contributed by atoms with Gasteiger partial charge in [-0.15, -0.1) is 0 Å². The molecule has 190 valence electrons. The summed E-state index contributed by atoms with van der Waals surface area (Å²) in [5.74, 6) is -4.28. The van der Waals surface area contributed by atoms with Crippen LogP contribution in [0.25, 0.3) is 0 Å². The van der Waals surface area contributed by atoms with Crippen molar-refractivity contribution >= 4 is 29.7 Å². The predicted molar refractivity (Wildman–Crippen MR) is 118 cm³/mol. The zero-order chi connectivity index (χ0) is 25.7. The number of fused-ring (bicyclic) bond motifs is 2. The summed E-state index contributed by atoms with van der Waals surface area (Å²) in [6.45, 7) is 12.0. The summed E-state index contributed by atoms with van der Waals surface area (Å²) in [5, 5.41) is 0. The zero-order valence-corrected chi connectivity index (χ0v) is 20.8. The van der Waals surface area contributed by atoms with Crippen molar-refractivity contribution in [2.75, 3.05) is 0 Å². The van der Waals surface area contributed by atoms with Crippen LogP contribution in [0.5, 0.6) is 0 Å². The van der Waals surface area contributed by atoms with Gasteiger partial charge in [-0.3, -0.25) is 24.0 Å². The number of rotatable bonds is 3. The highest BCUT2D eigenvalue weighted by atomic mass is 16.6. The summed E-state index contributed by atoms with van der Waals surface area (Å²) in [7, 11) is 0. The predicted octanol–water partition coefficient (Wildman–Crippen LogP) is 2.29. The first-order valence-electron chi connectivity index (χ1n) is 12.3.